The number of nitrogens with zero attached hydrogens (tertiary/aromatic N) is 3. The van der Waals surface area contributed by atoms with Crippen LogP contribution in [0, 0.1) is 135 Å². The Morgan fingerprint density at radius 1 is 0.551 bits per heavy atom. The Labute approximate surface area is 835 Å². The number of methoxy groups -OCH3 is 1. The quantitative estimate of drug-likeness (QED) is 0.00277. The summed E-state index contributed by atoms with van der Waals surface area (Å²) in [6.07, 6.45) is 7.39. The van der Waals surface area contributed by atoms with Crippen LogP contribution < -0.4 is 40.2 Å². The van der Waals surface area contributed by atoms with Gasteiger partial charge in [0.05, 0.1) is 43.5 Å². The molecule has 40 heteroatoms. The average Bonchev–Trinajstić information content (AvgIpc) is 1.69. The molecule has 14 rings (SSSR count). The van der Waals surface area contributed by atoms with E-state index in [2.05, 4.69) is 102 Å². The van der Waals surface area contributed by atoms with Crippen LogP contribution in [0.25, 0.3) is 6.08 Å². The molecule has 4 saturated carbocycles. The Bertz CT molecular complexity index is 5450. The Kier molecular flexibility index (Phi) is 52.0. The predicted molar refractivity (Wildman–Crippen MR) is 512 cm³/mol. The van der Waals surface area contributed by atoms with E-state index in [1.807, 2.05) is 72.8 Å². The van der Waals surface area contributed by atoms with Crippen LogP contribution in [-0.4, -0.2) is 137 Å². The molecule has 738 valence electrons. The Balaban J connectivity index is 0.000000529. The van der Waals surface area contributed by atoms with E-state index in [9.17, 15) is 91.7 Å². The van der Waals surface area contributed by atoms with E-state index in [1.54, 1.807) is 34.8 Å². The molecule has 138 heavy (non-hydrogen) atoms. The second-order valence-corrected chi connectivity index (χ2v) is 38.0. The van der Waals surface area contributed by atoms with Gasteiger partial charge in [-0.05, 0) is 216 Å². The number of halogens is 15. The number of nitro groups is 1. The van der Waals surface area contributed by atoms with E-state index in [0.29, 0.717) is 72.7 Å². The van der Waals surface area contributed by atoms with Crippen molar-refractivity contribution in [2.24, 2.45) is 29.0 Å². The molecule has 10 aromatic rings. The summed E-state index contributed by atoms with van der Waals surface area (Å²) in [5.41, 5.74) is 5.20. The third-order valence-electron chi connectivity index (χ3n) is 20.7. The molecule has 4 aliphatic rings. The minimum Gasteiger partial charge on any atom is -1.00 e. The number of hydrogen-bond acceptors (Lipinski definition) is 19. The molecule has 22 nitrogen and oxygen atoms in total. The summed E-state index contributed by atoms with van der Waals surface area (Å²) in [5.74, 6) is -18.2. The zero-order valence-corrected chi connectivity index (χ0v) is 80.8. The van der Waals surface area contributed by atoms with E-state index in [-0.39, 0.29) is 143 Å². The van der Waals surface area contributed by atoms with Crippen molar-refractivity contribution in [2.75, 3.05) is 53.5 Å². The number of guanidine groups is 1. The largest absolute Gasteiger partial charge is 1.00 e. The molecular formula is C98H105AlBr2ClF12LiN5O17P. The van der Waals surface area contributed by atoms with Crippen molar-refractivity contribution in [1.29, 1.82) is 5.41 Å². The van der Waals surface area contributed by atoms with Gasteiger partial charge >= 0.3 is 185 Å². The van der Waals surface area contributed by atoms with E-state index in [1.165, 1.54) is 74.2 Å². The van der Waals surface area contributed by atoms with Crippen LogP contribution >= 0.6 is 49.1 Å². The number of hydrogen-bond donors (Lipinski definition) is 6. The fourth-order valence-electron chi connectivity index (χ4n) is 12.9. The molecule has 0 amide bonds. The first-order valence-corrected chi connectivity index (χ1v) is 46.9. The third kappa shape index (κ3) is 36.5. The van der Waals surface area contributed by atoms with Crippen LogP contribution in [0.15, 0.2) is 223 Å². The number of alkyl halides is 1. The number of phenolic OH excluding ortho intramolecular Hbond substituents is 3. The molecule has 0 heterocycles. The third-order valence-corrected chi connectivity index (χ3v) is 28.7. The molecule has 0 spiro atoms. The van der Waals surface area contributed by atoms with Crippen molar-refractivity contribution < 1.29 is 146 Å². The van der Waals surface area contributed by atoms with Crippen LogP contribution in [0.3, 0.4) is 0 Å². The number of aldehydes is 1. The van der Waals surface area contributed by atoms with Gasteiger partial charge in [-0.2, -0.15) is 5.01 Å². The van der Waals surface area contributed by atoms with Crippen LogP contribution in [-0.2, 0) is 53.0 Å². The van der Waals surface area contributed by atoms with Gasteiger partial charge in [0.2, 0.25) is 0 Å². The topological polar surface area (TPSA) is 324 Å². The number of aromatic hydroxyl groups is 3. The number of aliphatic hydroxyl groups excluding tert-OH is 1. The smallest absolute Gasteiger partial charge is 1.00 e. The molecule has 10 aromatic carbocycles. The van der Waals surface area contributed by atoms with E-state index < -0.39 is 110 Å². The first kappa shape index (κ1) is 121. The summed E-state index contributed by atoms with van der Waals surface area (Å²) in [7, 11) is 2.84. The van der Waals surface area contributed by atoms with Gasteiger partial charge in [0.25, 0.3) is 5.96 Å². The van der Waals surface area contributed by atoms with Crippen LogP contribution in [0.4, 0.5) is 52.7 Å². The van der Waals surface area contributed by atoms with E-state index in [4.69, 9.17) is 51.3 Å². The molecule has 0 bridgehead atoms. The first-order chi connectivity index (χ1) is 64.5. The summed E-state index contributed by atoms with van der Waals surface area (Å²) < 4.78 is 181. The average molecular weight is 2110 g/mol. The predicted octanol–water partition coefficient (Wildman–Crippen LogP) is 17.7. The minimum atomic E-state index is -3.18. The van der Waals surface area contributed by atoms with Crippen molar-refractivity contribution in [3.8, 4) is 17.2 Å². The molecule has 0 aliphatic heterocycles. The fraction of sp³-hybridized carbons (Fsp3) is 0.286. The number of phenols is 3. The molecular weight excluding hydrogens is 2010 g/mol. The normalized spacial score (nSPS) is 16.2. The summed E-state index contributed by atoms with van der Waals surface area (Å²) in [6, 6.07) is 55.2. The standard InChI is InChI=1S/C20H20ClOP.C13H14F2O2.C12H12F2O3.C11H10F2O3.C11H12F2O.C11H10F2O.C7H7Br.C6H3BrF2O.C5H8O2.C2H5N5O3.Al.Li.4H/c1-22-17-23(21,18-11-5-2-6-12-18,19-13-7-3-8-14-19)20-15-9-4-10-16-20;1-3-17-13(16)10-6-9(10)8-4-11(14)7(2)12(15)5-8;1-2-17-12(16)8-5-7(8)6-3-9(13)11(15)10(14)4-6;1-2-16-10(14)4-3-7-5-8(12)11(15)9(13)6-7;2*1-6-10(12)3-7(4-11(6)13)9-2-8(9)5-14;8-6-7-4-2-1-3-5-7;7-3-1-4(8)6(10)5(9)2-3;1-3-5(6)7-4-2;1-6(5-8)2(3)4-7(9)10;;;;;;/h2-16H,17H2,1H3;4-5,9-10H,3,6H2,1-2H3;3-4,7-8,15H,2,5H2,1H3;3-6,15H,2H2,1H3;3-4,8-9,14H,2,5H2,1H3;3-5,8-9H,2H2,1H3;1-5H,6H2;1-2,10H;3H,1,4H2,2H3;1H3,(H2,3,4);;;;;;/q;;;;;;;;;;;+1;;;;-1/b;;;4-3+;;;;;;;;;;;;. The molecule has 8 atom stereocenters. The fourth-order valence-corrected chi connectivity index (χ4v) is 19.1. The maximum atomic E-state index is 13.3. The maximum Gasteiger partial charge on any atom is 1.00 e. The number of hydrazine groups is 1. The summed E-state index contributed by atoms with van der Waals surface area (Å²) in [4.78, 5) is 73.4. The molecule has 4 fully saturated rings. The van der Waals surface area contributed by atoms with Gasteiger partial charge in [-0.15, -0.1) is 4.91 Å². The first-order valence-electron chi connectivity index (χ1n) is 41.7. The van der Waals surface area contributed by atoms with Crippen molar-refractivity contribution in [3.63, 3.8) is 0 Å². The molecule has 0 aromatic heterocycles. The van der Waals surface area contributed by atoms with Crippen molar-refractivity contribution in [2.45, 2.75) is 103 Å². The minimum absolute atomic E-state index is 0. The number of nitroso groups, excluding NO2 is 1. The number of benzene rings is 10. The van der Waals surface area contributed by atoms with Crippen molar-refractivity contribution in [1.82, 2.24) is 10.4 Å². The number of rotatable bonds is 23. The van der Waals surface area contributed by atoms with Gasteiger partial charge in [0.1, 0.15) is 41.2 Å². The zero-order valence-electron chi connectivity index (χ0n) is 76.9. The molecule has 0 radical (unpaired) electrons. The number of ether oxygens (including phenoxy) is 5. The van der Waals surface area contributed by atoms with Crippen molar-refractivity contribution in [3.05, 3.63) is 352 Å². The number of esters is 4. The second kappa shape index (κ2) is 59.3. The summed E-state index contributed by atoms with van der Waals surface area (Å²) >= 11 is 13.9. The van der Waals surface area contributed by atoms with E-state index in [0.717, 1.165) is 89.5 Å². The van der Waals surface area contributed by atoms with Crippen LogP contribution in [0.1, 0.15) is 129 Å². The maximum absolute atomic E-state index is 13.3. The number of carbonyl (C=O) groups excluding carboxylic acids is 5. The molecule has 0 saturated heterocycles. The monoisotopic (exact) mass is 2110 g/mol. The summed E-state index contributed by atoms with van der Waals surface area (Å²) in [6.45, 7) is 15.6. The van der Waals surface area contributed by atoms with E-state index >= 15 is 0 Å². The number of aliphatic hydroxyl groups is 1. The van der Waals surface area contributed by atoms with Gasteiger partial charge < -0.3 is 45.6 Å². The van der Waals surface area contributed by atoms with Crippen LogP contribution in [0.5, 0.6) is 17.2 Å². The SMILES string of the molecule is BrCc1ccccc1.C=CC(=O)OCC.CCOC(=O)/C=C/c1cc(F)c(O)c(F)c1.CCOC(=O)C1CC1c1cc(F)c(C)c(F)c1.CCOC(=O)C1CC1c1cc(F)c(O)c(F)c1.CN(N=O)C(=N)N[N+](=O)[O-].COCP(Cl)(c1ccccc1)(c1ccccc1)c1ccccc1.Cc1c(F)cc(C2CC2C=O)cc1F.Cc1c(F)cc(C2CC2CO)cc1F.Oc1c(F)cc(Br)cc1F.[AlH3].[H-].[Li+]. The molecule has 4 aliphatic carbocycles. The van der Waals surface area contributed by atoms with Gasteiger partial charge in [-0.1, -0.05) is 74.2 Å². The zero-order chi connectivity index (χ0) is 101. The Morgan fingerprint density at radius 3 is 1.17 bits per heavy atom. The summed E-state index contributed by atoms with van der Waals surface area (Å²) in [5, 5.41) is 57.6. The van der Waals surface area contributed by atoms with Crippen molar-refractivity contribution >= 4 is 125 Å². The Morgan fingerprint density at radius 2 is 0.877 bits per heavy atom. The molecule has 6 N–H and O–H groups in total. The van der Waals surface area contributed by atoms with Gasteiger partial charge in [0, 0.05) is 58.2 Å². The van der Waals surface area contributed by atoms with Crippen LogP contribution in [0.2, 0.25) is 0 Å². The van der Waals surface area contributed by atoms with Gasteiger partial charge in [-0.3, -0.25) is 15.0 Å². The van der Waals surface area contributed by atoms with Gasteiger partial charge in [-0.25, -0.2) is 72.4 Å². The molecule has 8 unspecified atom stereocenters. The number of carbonyl (C=O) groups is 5. The van der Waals surface area contributed by atoms with Gasteiger partial charge in [0.15, 0.2) is 74.5 Å². The number of nitrogens with one attached hydrogen (secondary N) is 2. The Hall–Kier alpha value is -11.2. The second-order valence-electron chi connectivity index (χ2n) is 30.1.